The summed E-state index contributed by atoms with van der Waals surface area (Å²) < 4.78 is 0. The Kier molecular flexibility index (Phi) is 4.27. The second kappa shape index (κ2) is 5.74. The fraction of sp³-hybridized carbons (Fsp3) is 0.308. The lowest BCUT2D eigenvalue weighted by Crippen LogP contribution is -2.05. The number of aromatic nitrogens is 2. The Labute approximate surface area is 116 Å². The van der Waals surface area contributed by atoms with Crippen LogP contribution in [0.15, 0.2) is 24.4 Å². The minimum absolute atomic E-state index is 0.315. The highest BCUT2D eigenvalue weighted by Crippen LogP contribution is 2.30. The molecule has 2 aromatic rings. The number of aromatic amines is 1. The first-order valence-electron chi connectivity index (χ1n) is 5.82. The molecule has 0 fully saturated rings. The van der Waals surface area contributed by atoms with Crippen molar-refractivity contribution >= 4 is 23.2 Å². The molecule has 1 aromatic heterocycles. The van der Waals surface area contributed by atoms with Crippen LogP contribution in [0.5, 0.6) is 0 Å². The quantitative estimate of drug-likeness (QED) is 0.896. The largest absolute Gasteiger partial charge is 0.342 e. The van der Waals surface area contributed by atoms with E-state index in [0.29, 0.717) is 22.5 Å². The van der Waals surface area contributed by atoms with Gasteiger partial charge in [0.2, 0.25) is 0 Å². The fourth-order valence-corrected chi connectivity index (χ4v) is 2.33. The lowest BCUT2D eigenvalue weighted by atomic mass is 10.1. The maximum Gasteiger partial charge on any atom is 0.109 e. The van der Waals surface area contributed by atoms with Crippen LogP contribution in [0.4, 0.5) is 0 Å². The highest BCUT2D eigenvalue weighted by Gasteiger charge is 2.11. The van der Waals surface area contributed by atoms with Crippen LogP contribution in [0.3, 0.4) is 0 Å². The first kappa shape index (κ1) is 13.4. The molecule has 0 aliphatic heterocycles. The van der Waals surface area contributed by atoms with E-state index >= 15 is 0 Å². The average Bonchev–Trinajstić information content (AvgIpc) is 2.78. The molecule has 0 saturated carbocycles. The van der Waals surface area contributed by atoms with Crippen molar-refractivity contribution in [2.75, 3.05) is 6.54 Å². The number of rotatable bonds is 4. The predicted molar refractivity (Wildman–Crippen MR) is 76.1 cm³/mol. The van der Waals surface area contributed by atoms with Gasteiger partial charge < -0.3 is 10.7 Å². The van der Waals surface area contributed by atoms with Gasteiger partial charge in [-0.25, -0.2) is 4.98 Å². The third-order valence-corrected chi connectivity index (χ3v) is 3.43. The molecule has 1 unspecified atom stereocenters. The van der Waals surface area contributed by atoms with Crippen molar-refractivity contribution in [2.24, 2.45) is 5.73 Å². The van der Waals surface area contributed by atoms with Crippen LogP contribution < -0.4 is 5.73 Å². The van der Waals surface area contributed by atoms with E-state index in [1.54, 1.807) is 12.3 Å². The van der Waals surface area contributed by atoms with Gasteiger partial charge in [0.05, 0.1) is 16.9 Å². The summed E-state index contributed by atoms with van der Waals surface area (Å²) in [6.45, 7) is 2.75. The smallest absolute Gasteiger partial charge is 0.109 e. The molecule has 0 amide bonds. The highest BCUT2D eigenvalue weighted by atomic mass is 35.5. The maximum absolute atomic E-state index is 6.16. The maximum atomic E-state index is 6.16. The van der Waals surface area contributed by atoms with Crippen LogP contribution in [0.25, 0.3) is 11.3 Å². The number of benzene rings is 1. The van der Waals surface area contributed by atoms with Crippen LogP contribution in [0, 0.1) is 0 Å². The molecule has 0 saturated heterocycles. The van der Waals surface area contributed by atoms with Crippen molar-refractivity contribution in [3.63, 3.8) is 0 Å². The van der Waals surface area contributed by atoms with E-state index in [1.165, 1.54) is 0 Å². The molecule has 18 heavy (non-hydrogen) atoms. The summed E-state index contributed by atoms with van der Waals surface area (Å²) in [5.41, 5.74) is 7.35. The molecule has 1 heterocycles. The zero-order valence-corrected chi connectivity index (χ0v) is 11.6. The zero-order valence-electron chi connectivity index (χ0n) is 10.1. The highest BCUT2D eigenvalue weighted by molar-refractivity contribution is 6.36. The molecule has 0 aliphatic rings. The summed E-state index contributed by atoms with van der Waals surface area (Å²) in [6, 6.07) is 5.42. The second-order valence-electron chi connectivity index (χ2n) is 4.28. The van der Waals surface area contributed by atoms with Gasteiger partial charge in [0.25, 0.3) is 0 Å². The zero-order chi connectivity index (χ0) is 13.1. The molecule has 0 aliphatic carbocycles. The number of halogens is 2. The van der Waals surface area contributed by atoms with Gasteiger partial charge in [-0.1, -0.05) is 30.1 Å². The topological polar surface area (TPSA) is 54.7 Å². The Morgan fingerprint density at radius 1 is 1.39 bits per heavy atom. The van der Waals surface area contributed by atoms with Gasteiger partial charge in [-0.15, -0.1) is 0 Å². The SMILES string of the molecule is CC(CCN)c1ncc(-c2ccc(Cl)cc2Cl)[nH]1. The number of nitrogens with zero attached hydrogens (tertiary/aromatic N) is 1. The van der Waals surface area contributed by atoms with E-state index in [-0.39, 0.29) is 0 Å². The van der Waals surface area contributed by atoms with Crippen molar-refractivity contribution in [1.82, 2.24) is 9.97 Å². The molecule has 3 nitrogen and oxygen atoms in total. The molecular weight excluding hydrogens is 269 g/mol. The van der Waals surface area contributed by atoms with Crippen LogP contribution in [-0.4, -0.2) is 16.5 Å². The summed E-state index contributed by atoms with van der Waals surface area (Å²) in [6.07, 6.45) is 2.69. The first-order valence-corrected chi connectivity index (χ1v) is 6.57. The first-order chi connectivity index (χ1) is 8.61. The van der Waals surface area contributed by atoms with Gasteiger partial charge in [-0.2, -0.15) is 0 Å². The number of hydrogen-bond donors (Lipinski definition) is 2. The van der Waals surface area contributed by atoms with Gasteiger partial charge in [-0.3, -0.25) is 0 Å². The third-order valence-electron chi connectivity index (χ3n) is 2.88. The van der Waals surface area contributed by atoms with Gasteiger partial charge in [0, 0.05) is 16.5 Å². The number of H-pyrrole nitrogens is 1. The molecule has 5 heteroatoms. The molecule has 0 spiro atoms. The van der Waals surface area contributed by atoms with E-state index < -0.39 is 0 Å². The van der Waals surface area contributed by atoms with E-state index in [0.717, 1.165) is 23.5 Å². The van der Waals surface area contributed by atoms with Crippen LogP contribution in [-0.2, 0) is 0 Å². The minimum Gasteiger partial charge on any atom is -0.342 e. The van der Waals surface area contributed by atoms with Gasteiger partial charge in [-0.05, 0) is 31.2 Å². The molecule has 0 radical (unpaired) electrons. The summed E-state index contributed by atoms with van der Waals surface area (Å²) >= 11 is 12.0. The Hall–Kier alpha value is -1.03. The van der Waals surface area contributed by atoms with Crippen molar-refractivity contribution in [2.45, 2.75) is 19.3 Å². The fourth-order valence-electron chi connectivity index (χ4n) is 1.82. The van der Waals surface area contributed by atoms with Crippen molar-refractivity contribution in [3.8, 4) is 11.3 Å². The predicted octanol–water partition coefficient (Wildman–Crippen LogP) is 3.84. The summed E-state index contributed by atoms with van der Waals surface area (Å²) in [5.74, 6) is 1.25. The Morgan fingerprint density at radius 3 is 2.83 bits per heavy atom. The molecule has 2 rings (SSSR count). The summed E-state index contributed by atoms with van der Waals surface area (Å²) in [7, 11) is 0. The molecule has 3 N–H and O–H groups in total. The second-order valence-corrected chi connectivity index (χ2v) is 5.13. The minimum atomic E-state index is 0.315. The summed E-state index contributed by atoms with van der Waals surface area (Å²) in [4.78, 5) is 7.65. The van der Waals surface area contributed by atoms with Gasteiger partial charge >= 0.3 is 0 Å². The normalized spacial score (nSPS) is 12.7. The van der Waals surface area contributed by atoms with E-state index in [1.807, 2.05) is 12.1 Å². The summed E-state index contributed by atoms with van der Waals surface area (Å²) in [5, 5.41) is 1.24. The number of hydrogen-bond acceptors (Lipinski definition) is 2. The molecular formula is C13H15Cl2N3. The van der Waals surface area contributed by atoms with E-state index in [4.69, 9.17) is 28.9 Å². The Bertz CT molecular complexity index is 537. The standard InChI is InChI=1S/C13H15Cl2N3/c1-8(4-5-16)13-17-7-12(18-13)10-3-2-9(14)6-11(10)15/h2-3,6-8H,4-5,16H2,1H3,(H,17,18). The van der Waals surface area contributed by atoms with Crippen molar-refractivity contribution in [3.05, 3.63) is 40.3 Å². The van der Waals surface area contributed by atoms with Crippen LogP contribution >= 0.6 is 23.2 Å². The number of imidazole rings is 1. The van der Waals surface area contributed by atoms with Crippen molar-refractivity contribution in [1.29, 1.82) is 0 Å². The lowest BCUT2D eigenvalue weighted by molar-refractivity contribution is 0.655. The van der Waals surface area contributed by atoms with E-state index in [2.05, 4.69) is 16.9 Å². The van der Waals surface area contributed by atoms with Gasteiger partial charge in [0.15, 0.2) is 0 Å². The molecule has 96 valence electrons. The van der Waals surface area contributed by atoms with Gasteiger partial charge in [0.1, 0.15) is 5.82 Å². The monoisotopic (exact) mass is 283 g/mol. The molecule has 1 atom stereocenters. The number of nitrogens with two attached hydrogens (primary N) is 1. The van der Waals surface area contributed by atoms with Crippen molar-refractivity contribution < 1.29 is 0 Å². The Balaban J connectivity index is 2.29. The lowest BCUT2D eigenvalue weighted by Gasteiger charge is -2.06. The Morgan fingerprint density at radius 2 is 2.17 bits per heavy atom. The molecule has 0 bridgehead atoms. The number of nitrogens with one attached hydrogen (secondary N) is 1. The van der Waals surface area contributed by atoms with E-state index in [9.17, 15) is 0 Å². The van der Waals surface area contributed by atoms with Crippen LogP contribution in [0.2, 0.25) is 10.0 Å². The average molecular weight is 284 g/mol. The molecule has 1 aromatic carbocycles. The third kappa shape index (κ3) is 2.86. The van der Waals surface area contributed by atoms with Crippen LogP contribution in [0.1, 0.15) is 25.1 Å².